The van der Waals surface area contributed by atoms with Crippen LogP contribution in [0.3, 0.4) is 0 Å². The Balaban J connectivity index is 2.06. The van der Waals surface area contributed by atoms with Crippen LogP contribution in [0.1, 0.15) is 18.1 Å². The molecule has 0 spiro atoms. The SMILES string of the molecule is COCC1(C)C=C(Oc2ccc(=O)n(C)n2)c2cc(C#N)ccc2O1. The van der Waals surface area contributed by atoms with Gasteiger partial charge in [0.25, 0.3) is 5.56 Å². The molecule has 0 amide bonds. The fraction of sp³-hybridized carbons (Fsp3) is 0.278. The number of hydrogen-bond acceptors (Lipinski definition) is 6. The molecule has 1 aliphatic rings. The van der Waals surface area contributed by atoms with E-state index in [4.69, 9.17) is 19.5 Å². The topological polar surface area (TPSA) is 86.4 Å². The molecule has 0 saturated carbocycles. The van der Waals surface area contributed by atoms with Gasteiger partial charge < -0.3 is 14.2 Å². The minimum Gasteiger partial charge on any atom is -0.480 e. The highest BCUT2D eigenvalue weighted by molar-refractivity contribution is 5.71. The Kier molecular flexibility index (Phi) is 4.30. The molecule has 0 radical (unpaired) electrons. The zero-order chi connectivity index (χ0) is 18.0. The Morgan fingerprint density at radius 2 is 2.16 bits per heavy atom. The summed E-state index contributed by atoms with van der Waals surface area (Å²) in [7, 11) is 3.14. The highest BCUT2D eigenvalue weighted by atomic mass is 16.5. The maximum atomic E-state index is 11.5. The van der Waals surface area contributed by atoms with E-state index >= 15 is 0 Å². The van der Waals surface area contributed by atoms with Crippen molar-refractivity contribution in [1.82, 2.24) is 9.78 Å². The Morgan fingerprint density at radius 3 is 2.84 bits per heavy atom. The van der Waals surface area contributed by atoms with Crippen LogP contribution in [0.4, 0.5) is 0 Å². The predicted octanol–water partition coefficient (Wildman–Crippen LogP) is 1.87. The minimum atomic E-state index is -0.730. The van der Waals surface area contributed by atoms with Gasteiger partial charge in [0, 0.05) is 32.4 Å². The van der Waals surface area contributed by atoms with Crippen molar-refractivity contribution in [2.75, 3.05) is 13.7 Å². The van der Waals surface area contributed by atoms with Crippen molar-refractivity contribution in [3.05, 3.63) is 57.9 Å². The Labute approximate surface area is 144 Å². The number of aromatic nitrogens is 2. The van der Waals surface area contributed by atoms with Gasteiger partial charge in [-0.2, -0.15) is 5.26 Å². The molecule has 1 aliphatic heterocycles. The second kappa shape index (κ2) is 6.42. The lowest BCUT2D eigenvalue weighted by atomic mass is 9.98. The largest absolute Gasteiger partial charge is 0.480 e. The van der Waals surface area contributed by atoms with Crippen LogP contribution >= 0.6 is 0 Å². The van der Waals surface area contributed by atoms with Crippen molar-refractivity contribution in [3.63, 3.8) is 0 Å². The smallest absolute Gasteiger partial charge is 0.266 e. The van der Waals surface area contributed by atoms with E-state index in [1.54, 1.807) is 38.4 Å². The van der Waals surface area contributed by atoms with Gasteiger partial charge >= 0.3 is 0 Å². The standard InChI is InChI=1S/C18H17N3O4/c1-18(11-23-3)9-15(24-16-6-7-17(22)21(2)20-16)13-8-12(10-19)4-5-14(13)25-18/h4-9H,11H2,1-3H3. The van der Waals surface area contributed by atoms with Gasteiger partial charge in [-0.1, -0.05) is 0 Å². The molecular weight excluding hydrogens is 322 g/mol. The van der Waals surface area contributed by atoms with E-state index in [0.29, 0.717) is 29.2 Å². The maximum Gasteiger partial charge on any atom is 0.266 e. The molecule has 0 aliphatic carbocycles. The molecule has 7 heteroatoms. The van der Waals surface area contributed by atoms with E-state index in [1.165, 1.54) is 16.8 Å². The molecule has 7 nitrogen and oxygen atoms in total. The van der Waals surface area contributed by atoms with Crippen molar-refractivity contribution in [3.8, 4) is 17.7 Å². The molecule has 0 bridgehead atoms. The van der Waals surface area contributed by atoms with Crippen molar-refractivity contribution in [1.29, 1.82) is 5.26 Å². The second-order valence-electron chi connectivity index (χ2n) is 5.91. The molecule has 1 atom stereocenters. The van der Waals surface area contributed by atoms with Crippen LogP contribution in [-0.2, 0) is 11.8 Å². The van der Waals surface area contributed by atoms with Gasteiger partial charge in [-0.25, -0.2) is 4.68 Å². The summed E-state index contributed by atoms with van der Waals surface area (Å²) in [6.07, 6.45) is 1.78. The molecule has 0 fully saturated rings. The monoisotopic (exact) mass is 339 g/mol. The predicted molar refractivity (Wildman–Crippen MR) is 90.1 cm³/mol. The third kappa shape index (κ3) is 3.39. The molecule has 3 rings (SSSR count). The number of methoxy groups -OCH3 is 1. The van der Waals surface area contributed by atoms with E-state index in [1.807, 2.05) is 6.92 Å². The number of nitriles is 1. The van der Waals surface area contributed by atoms with Gasteiger partial charge in [0.15, 0.2) is 5.60 Å². The Hall–Kier alpha value is -3.11. The summed E-state index contributed by atoms with van der Waals surface area (Å²) in [6, 6.07) is 10.1. The van der Waals surface area contributed by atoms with E-state index < -0.39 is 5.60 Å². The molecule has 128 valence electrons. The molecule has 1 aromatic heterocycles. The zero-order valence-corrected chi connectivity index (χ0v) is 14.1. The first-order chi connectivity index (χ1) is 11.9. The van der Waals surface area contributed by atoms with Crippen LogP contribution in [0.5, 0.6) is 11.6 Å². The Morgan fingerprint density at radius 1 is 1.36 bits per heavy atom. The molecule has 2 aromatic rings. The third-order valence-corrected chi connectivity index (χ3v) is 3.74. The number of aryl methyl sites for hydroxylation is 1. The summed E-state index contributed by atoms with van der Waals surface area (Å²) >= 11 is 0. The van der Waals surface area contributed by atoms with E-state index in [9.17, 15) is 4.79 Å². The van der Waals surface area contributed by atoms with E-state index in [0.717, 1.165) is 0 Å². The van der Waals surface area contributed by atoms with Gasteiger partial charge in [0.05, 0.1) is 23.8 Å². The first kappa shape index (κ1) is 16.7. The zero-order valence-electron chi connectivity index (χ0n) is 14.1. The Bertz CT molecular complexity index is 942. The first-order valence-corrected chi connectivity index (χ1v) is 7.62. The van der Waals surface area contributed by atoms with Crippen molar-refractivity contribution < 1.29 is 14.2 Å². The summed E-state index contributed by atoms with van der Waals surface area (Å²) in [5.41, 5.74) is 0.167. The lowest BCUT2D eigenvalue weighted by molar-refractivity contribution is 0.0358. The maximum absolute atomic E-state index is 11.5. The van der Waals surface area contributed by atoms with Crippen LogP contribution in [0, 0.1) is 11.3 Å². The highest BCUT2D eigenvalue weighted by Gasteiger charge is 2.32. The number of fused-ring (bicyclic) bond motifs is 1. The first-order valence-electron chi connectivity index (χ1n) is 7.62. The lowest BCUT2D eigenvalue weighted by Gasteiger charge is -2.33. The van der Waals surface area contributed by atoms with E-state index in [2.05, 4.69) is 11.2 Å². The van der Waals surface area contributed by atoms with Crippen molar-refractivity contribution in [2.24, 2.45) is 7.05 Å². The summed E-state index contributed by atoms with van der Waals surface area (Å²) in [4.78, 5) is 11.5. The number of benzene rings is 1. The van der Waals surface area contributed by atoms with Crippen LogP contribution in [-0.4, -0.2) is 29.1 Å². The van der Waals surface area contributed by atoms with E-state index in [-0.39, 0.29) is 11.4 Å². The fourth-order valence-electron chi connectivity index (χ4n) is 2.61. The second-order valence-corrected chi connectivity index (χ2v) is 5.91. The third-order valence-electron chi connectivity index (χ3n) is 3.74. The van der Waals surface area contributed by atoms with Gasteiger partial charge in [0.1, 0.15) is 11.5 Å². The van der Waals surface area contributed by atoms with Crippen LogP contribution in [0.15, 0.2) is 41.2 Å². The van der Waals surface area contributed by atoms with Gasteiger partial charge in [-0.15, -0.1) is 5.10 Å². The van der Waals surface area contributed by atoms with Gasteiger partial charge in [-0.3, -0.25) is 4.79 Å². The number of nitrogens with zero attached hydrogens (tertiary/aromatic N) is 3. The quantitative estimate of drug-likeness (QED) is 0.845. The van der Waals surface area contributed by atoms with Crippen LogP contribution in [0.25, 0.3) is 5.76 Å². The molecule has 1 aromatic carbocycles. The number of rotatable bonds is 4. The average molecular weight is 339 g/mol. The summed E-state index contributed by atoms with van der Waals surface area (Å²) in [5, 5.41) is 13.2. The normalized spacial score (nSPS) is 18.6. The molecule has 25 heavy (non-hydrogen) atoms. The highest BCUT2D eigenvalue weighted by Crippen LogP contribution is 2.37. The fourth-order valence-corrected chi connectivity index (χ4v) is 2.61. The average Bonchev–Trinajstić information content (AvgIpc) is 2.58. The summed E-state index contributed by atoms with van der Waals surface area (Å²) in [5.74, 6) is 1.34. The van der Waals surface area contributed by atoms with Crippen molar-refractivity contribution in [2.45, 2.75) is 12.5 Å². The molecular formula is C18H17N3O4. The minimum absolute atomic E-state index is 0.232. The lowest BCUT2D eigenvalue weighted by Crippen LogP contribution is -2.38. The number of hydrogen-bond donors (Lipinski definition) is 0. The molecule has 2 heterocycles. The molecule has 0 N–H and O–H groups in total. The number of ether oxygens (including phenoxy) is 3. The summed E-state index contributed by atoms with van der Waals surface area (Å²) < 4.78 is 18.3. The van der Waals surface area contributed by atoms with Gasteiger partial charge in [-0.05, 0) is 25.1 Å². The van der Waals surface area contributed by atoms with Crippen LogP contribution in [0.2, 0.25) is 0 Å². The van der Waals surface area contributed by atoms with Crippen LogP contribution < -0.4 is 15.0 Å². The molecule has 0 saturated heterocycles. The molecule has 1 unspecified atom stereocenters. The van der Waals surface area contributed by atoms with Gasteiger partial charge in [0.2, 0.25) is 5.88 Å². The summed E-state index contributed by atoms with van der Waals surface area (Å²) in [6.45, 7) is 2.19. The van der Waals surface area contributed by atoms with Crippen molar-refractivity contribution >= 4 is 5.76 Å².